The smallest absolute Gasteiger partial charge is 0.291 e. The Bertz CT molecular complexity index is 1090. The number of halogens is 1. The van der Waals surface area contributed by atoms with Crippen molar-refractivity contribution < 1.29 is 13.9 Å². The molecule has 0 bridgehead atoms. The molecule has 0 radical (unpaired) electrons. The summed E-state index contributed by atoms with van der Waals surface area (Å²) in [5, 5.41) is 3.76. The maximum absolute atomic E-state index is 12.9. The molecule has 0 unspecified atom stereocenters. The maximum Gasteiger partial charge on any atom is 0.291 e. The third kappa shape index (κ3) is 3.73. The summed E-state index contributed by atoms with van der Waals surface area (Å²) in [4.78, 5) is 12.9. The Hall–Kier alpha value is -3.05. The highest BCUT2D eigenvalue weighted by Crippen LogP contribution is 2.29. The zero-order valence-corrected chi connectivity index (χ0v) is 15.9. The highest BCUT2D eigenvalue weighted by atomic mass is 79.9. The van der Waals surface area contributed by atoms with E-state index in [-0.39, 0.29) is 18.3 Å². The van der Waals surface area contributed by atoms with Crippen molar-refractivity contribution in [2.75, 3.05) is 5.32 Å². The zero-order valence-electron chi connectivity index (χ0n) is 14.3. The second-order valence-corrected chi connectivity index (χ2v) is 6.80. The summed E-state index contributed by atoms with van der Waals surface area (Å²) in [5.41, 5.74) is 2.05. The van der Waals surface area contributed by atoms with Gasteiger partial charge < -0.3 is 14.5 Å². The molecule has 0 saturated heterocycles. The van der Waals surface area contributed by atoms with Crippen LogP contribution in [0.3, 0.4) is 0 Å². The third-order valence-corrected chi connectivity index (χ3v) is 4.84. The molecular weight excluding hydrogens is 406 g/mol. The predicted molar refractivity (Wildman–Crippen MR) is 109 cm³/mol. The summed E-state index contributed by atoms with van der Waals surface area (Å²) in [6.45, 7) is 0.236. The van der Waals surface area contributed by atoms with Gasteiger partial charge in [-0.3, -0.25) is 4.79 Å². The number of carbonyl (C=O) groups excluding carboxylic acids is 1. The standard InChI is InChI=1S/C22H16BrNO3/c23-18-11-5-6-12-19(18)24-22(25)21-17(14-26-15-8-2-1-3-9-15)16-10-4-7-13-20(16)27-21/h1-13H,14H2,(H,24,25). The first-order chi connectivity index (χ1) is 13.2. The molecule has 1 amide bonds. The van der Waals surface area contributed by atoms with E-state index in [1.165, 1.54) is 0 Å². The summed E-state index contributed by atoms with van der Waals surface area (Å²) in [6, 6.07) is 24.5. The molecule has 4 nitrogen and oxygen atoms in total. The fourth-order valence-corrected chi connectivity index (χ4v) is 3.22. The van der Waals surface area contributed by atoms with Gasteiger partial charge >= 0.3 is 0 Å². The van der Waals surface area contributed by atoms with Gasteiger partial charge in [0.15, 0.2) is 5.76 Å². The van der Waals surface area contributed by atoms with Gasteiger partial charge in [-0.1, -0.05) is 48.5 Å². The number of hydrogen-bond acceptors (Lipinski definition) is 3. The summed E-state index contributed by atoms with van der Waals surface area (Å²) in [5.74, 6) is 0.674. The van der Waals surface area contributed by atoms with Crippen molar-refractivity contribution in [1.29, 1.82) is 0 Å². The predicted octanol–water partition coefficient (Wildman–Crippen LogP) is 6.03. The molecule has 0 fully saturated rings. The number of nitrogens with one attached hydrogen (secondary N) is 1. The Balaban J connectivity index is 1.67. The van der Waals surface area contributed by atoms with E-state index in [4.69, 9.17) is 9.15 Å². The molecule has 1 aromatic heterocycles. The van der Waals surface area contributed by atoms with E-state index in [0.29, 0.717) is 11.3 Å². The van der Waals surface area contributed by atoms with Crippen molar-refractivity contribution >= 4 is 38.5 Å². The molecule has 1 heterocycles. The minimum atomic E-state index is -0.315. The summed E-state index contributed by atoms with van der Waals surface area (Å²) < 4.78 is 12.5. The summed E-state index contributed by atoms with van der Waals surface area (Å²) in [6.07, 6.45) is 0. The highest BCUT2D eigenvalue weighted by Gasteiger charge is 2.21. The fourth-order valence-electron chi connectivity index (χ4n) is 2.84. The minimum Gasteiger partial charge on any atom is -0.489 e. The molecule has 3 aromatic carbocycles. The van der Waals surface area contributed by atoms with Crippen molar-refractivity contribution in [3.8, 4) is 5.75 Å². The van der Waals surface area contributed by atoms with Crippen LogP contribution in [0.15, 0.2) is 87.8 Å². The van der Waals surface area contributed by atoms with Gasteiger partial charge in [-0.2, -0.15) is 0 Å². The lowest BCUT2D eigenvalue weighted by molar-refractivity contribution is 0.0995. The number of amides is 1. The van der Waals surface area contributed by atoms with E-state index < -0.39 is 0 Å². The zero-order chi connectivity index (χ0) is 18.6. The van der Waals surface area contributed by atoms with E-state index >= 15 is 0 Å². The normalized spacial score (nSPS) is 10.7. The largest absolute Gasteiger partial charge is 0.489 e. The average molecular weight is 422 g/mol. The monoisotopic (exact) mass is 421 g/mol. The molecule has 0 atom stereocenters. The number of furan rings is 1. The molecule has 4 aromatic rings. The van der Waals surface area contributed by atoms with E-state index in [1.807, 2.05) is 78.9 Å². The SMILES string of the molecule is O=C(Nc1ccccc1Br)c1oc2ccccc2c1COc1ccccc1. The molecule has 0 spiro atoms. The van der Waals surface area contributed by atoms with Gasteiger partial charge in [0.05, 0.1) is 5.69 Å². The molecule has 0 saturated carbocycles. The van der Waals surface area contributed by atoms with Crippen LogP contribution in [0.25, 0.3) is 11.0 Å². The summed E-state index contributed by atoms with van der Waals surface area (Å²) >= 11 is 3.44. The second kappa shape index (κ2) is 7.68. The van der Waals surface area contributed by atoms with Crippen LogP contribution in [-0.2, 0) is 6.61 Å². The van der Waals surface area contributed by atoms with E-state index in [2.05, 4.69) is 21.2 Å². The number of para-hydroxylation sites is 3. The summed E-state index contributed by atoms with van der Waals surface area (Å²) in [7, 11) is 0. The van der Waals surface area contributed by atoms with Gasteiger partial charge in [0, 0.05) is 15.4 Å². The number of carbonyl (C=O) groups is 1. The number of fused-ring (bicyclic) bond motifs is 1. The molecule has 134 valence electrons. The Morgan fingerprint density at radius 2 is 1.63 bits per heavy atom. The first kappa shape index (κ1) is 17.4. The number of anilines is 1. The van der Waals surface area contributed by atoms with Crippen LogP contribution in [0.1, 0.15) is 16.1 Å². The maximum atomic E-state index is 12.9. The second-order valence-electron chi connectivity index (χ2n) is 5.94. The molecule has 27 heavy (non-hydrogen) atoms. The van der Waals surface area contributed by atoms with Gasteiger partial charge in [-0.05, 0) is 46.3 Å². The first-order valence-corrected chi connectivity index (χ1v) is 9.26. The molecule has 0 aliphatic carbocycles. The van der Waals surface area contributed by atoms with E-state index in [0.717, 1.165) is 21.2 Å². The Morgan fingerprint density at radius 3 is 2.44 bits per heavy atom. The van der Waals surface area contributed by atoms with Crippen LogP contribution >= 0.6 is 15.9 Å². The Morgan fingerprint density at radius 1 is 0.926 bits per heavy atom. The van der Waals surface area contributed by atoms with Gasteiger partial charge in [-0.25, -0.2) is 0 Å². The van der Waals surface area contributed by atoms with Crippen LogP contribution in [0.2, 0.25) is 0 Å². The van der Waals surface area contributed by atoms with E-state index in [9.17, 15) is 4.79 Å². The molecule has 1 N–H and O–H groups in total. The first-order valence-electron chi connectivity index (χ1n) is 8.46. The van der Waals surface area contributed by atoms with Crippen LogP contribution in [0, 0.1) is 0 Å². The number of benzene rings is 3. The van der Waals surface area contributed by atoms with Crippen molar-refractivity contribution in [3.63, 3.8) is 0 Å². The molecular formula is C22H16BrNO3. The van der Waals surface area contributed by atoms with Crippen molar-refractivity contribution in [2.24, 2.45) is 0 Å². The fraction of sp³-hybridized carbons (Fsp3) is 0.0455. The lowest BCUT2D eigenvalue weighted by Gasteiger charge is -2.08. The topological polar surface area (TPSA) is 51.5 Å². The lowest BCUT2D eigenvalue weighted by Crippen LogP contribution is -2.14. The van der Waals surface area contributed by atoms with Gasteiger partial charge in [0.25, 0.3) is 5.91 Å². The molecule has 0 aliphatic rings. The van der Waals surface area contributed by atoms with Crippen molar-refractivity contribution in [3.05, 3.63) is 94.7 Å². The minimum absolute atomic E-state index is 0.236. The third-order valence-electron chi connectivity index (χ3n) is 4.15. The average Bonchev–Trinajstić information content (AvgIpc) is 3.08. The molecule has 0 aliphatic heterocycles. The van der Waals surface area contributed by atoms with Gasteiger partial charge in [0.1, 0.15) is 17.9 Å². The quantitative estimate of drug-likeness (QED) is 0.428. The van der Waals surface area contributed by atoms with E-state index in [1.54, 1.807) is 0 Å². The number of rotatable bonds is 5. The molecule has 4 rings (SSSR count). The molecule has 5 heteroatoms. The van der Waals surface area contributed by atoms with Crippen LogP contribution in [0.4, 0.5) is 5.69 Å². The number of ether oxygens (including phenoxy) is 1. The van der Waals surface area contributed by atoms with Crippen LogP contribution in [0.5, 0.6) is 5.75 Å². The van der Waals surface area contributed by atoms with Crippen molar-refractivity contribution in [1.82, 2.24) is 0 Å². The highest BCUT2D eigenvalue weighted by molar-refractivity contribution is 9.10. The lowest BCUT2D eigenvalue weighted by atomic mass is 10.1. The van der Waals surface area contributed by atoms with Gasteiger partial charge in [0.2, 0.25) is 0 Å². The Labute approximate surface area is 164 Å². The van der Waals surface area contributed by atoms with Gasteiger partial charge in [-0.15, -0.1) is 0 Å². The Kier molecular flexibility index (Phi) is 4.94. The van der Waals surface area contributed by atoms with Crippen LogP contribution in [-0.4, -0.2) is 5.91 Å². The van der Waals surface area contributed by atoms with Crippen molar-refractivity contribution in [2.45, 2.75) is 6.61 Å². The number of hydrogen-bond donors (Lipinski definition) is 1. The van der Waals surface area contributed by atoms with Crippen LogP contribution < -0.4 is 10.1 Å².